The molecule has 0 aromatic rings. The molecule has 0 aromatic heterocycles. The molecule has 0 saturated carbocycles. The average Bonchev–Trinajstić information content (AvgIpc) is 1.97. The minimum absolute atomic E-state index is 0.0768. The highest BCUT2D eigenvalue weighted by Crippen LogP contribution is 1.97. The number of hydrogen-bond acceptors (Lipinski definition) is 4. The van der Waals surface area contributed by atoms with Gasteiger partial charge in [0.25, 0.3) is 0 Å². The second-order valence-electron chi connectivity index (χ2n) is 1.89. The molecule has 0 aliphatic carbocycles. The number of ether oxygens (including phenoxy) is 2. The Bertz CT molecular complexity index is 58.8. The van der Waals surface area contributed by atoms with Crippen LogP contribution in [0.1, 0.15) is 12.8 Å². The summed E-state index contributed by atoms with van der Waals surface area (Å²) in [7, 11) is 1.48. The van der Waals surface area contributed by atoms with Gasteiger partial charge in [0.2, 0.25) is 0 Å². The van der Waals surface area contributed by atoms with E-state index >= 15 is 0 Å². The molecule has 10 heavy (non-hydrogen) atoms. The highest BCUT2D eigenvalue weighted by atomic mass is 16.7. The summed E-state index contributed by atoms with van der Waals surface area (Å²) >= 11 is 0. The zero-order valence-corrected chi connectivity index (χ0v) is 6.12. The first-order chi connectivity index (χ1) is 4.81. The zero-order chi connectivity index (χ0) is 7.82. The van der Waals surface area contributed by atoms with Gasteiger partial charge in [-0.3, -0.25) is 0 Å². The number of methoxy groups -OCH3 is 1. The second-order valence-corrected chi connectivity index (χ2v) is 1.89. The maximum atomic E-state index is 8.90. The van der Waals surface area contributed by atoms with Crippen LogP contribution >= 0.6 is 0 Å². The SMILES string of the molecule is COCOC(O)CCCO. The lowest BCUT2D eigenvalue weighted by atomic mass is 10.3. The minimum Gasteiger partial charge on any atom is -0.396 e. The Morgan fingerprint density at radius 3 is 2.70 bits per heavy atom. The molecule has 1 unspecified atom stereocenters. The Kier molecular flexibility index (Phi) is 6.84. The number of hydrogen-bond donors (Lipinski definition) is 2. The summed E-state index contributed by atoms with van der Waals surface area (Å²) in [5, 5.41) is 17.2. The van der Waals surface area contributed by atoms with Crippen molar-refractivity contribution in [2.24, 2.45) is 0 Å². The van der Waals surface area contributed by atoms with Gasteiger partial charge in [-0.15, -0.1) is 0 Å². The molecule has 0 heterocycles. The van der Waals surface area contributed by atoms with E-state index in [1.54, 1.807) is 0 Å². The molecule has 1 atom stereocenters. The lowest BCUT2D eigenvalue weighted by molar-refractivity contribution is -0.164. The lowest BCUT2D eigenvalue weighted by Crippen LogP contribution is -2.13. The van der Waals surface area contributed by atoms with Crippen molar-refractivity contribution in [2.75, 3.05) is 20.5 Å². The Balaban J connectivity index is 3.00. The molecule has 0 aliphatic rings. The van der Waals surface area contributed by atoms with Crippen molar-refractivity contribution in [3.63, 3.8) is 0 Å². The first-order valence-electron chi connectivity index (χ1n) is 3.20. The van der Waals surface area contributed by atoms with Crippen LogP contribution in [0.25, 0.3) is 0 Å². The summed E-state index contributed by atoms with van der Waals surface area (Å²) in [6, 6.07) is 0. The fraction of sp³-hybridized carbons (Fsp3) is 1.00. The molecular weight excluding hydrogens is 136 g/mol. The van der Waals surface area contributed by atoms with E-state index in [1.165, 1.54) is 7.11 Å². The molecule has 2 N–H and O–H groups in total. The maximum absolute atomic E-state index is 8.90. The quantitative estimate of drug-likeness (QED) is 0.510. The van der Waals surface area contributed by atoms with Gasteiger partial charge in [0.15, 0.2) is 6.29 Å². The van der Waals surface area contributed by atoms with E-state index in [0.717, 1.165) is 0 Å². The first-order valence-corrected chi connectivity index (χ1v) is 3.20. The van der Waals surface area contributed by atoms with Crippen molar-refractivity contribution in [1.82, 2.24) is 0 Å². The Hall–Kier alpha value is -0.160. The lowest BCUT2D eigenvalue weighted by Gasteiger charge is -2.09. The molecule has 0 aromatic carbocycles. The van der Waals surface area contributed by atoms with Gasteiger partial charge >= 0.3 is 0 Å². The van der Waals surface area contributed by atoms with Crippen LogP contribution in [-0.2, 0) is 9.47 Å². The van der Waals surface area contributed by atoms with Gasteiger partial charge in [-0.2, -0.15) is 0 Å². The van der Waals surface area contributed by atoms with Gasteiger partial charge in [0.05, 0.1) is 0 Å². The van der Waals surface area contributed by atoms with E-state index in [0.29, 0.717) is 12.8 Å². The van der Waals surface area contributed by atoms with Crippen LogP contribution in [0.5, 0.6) is 0 Å². The van der Waals surface area contributed by atoms with Crippen molar-refractivity contribution in [3.8, 4) is 0 Å². The fourth-order valence-electron chi connectivity index (χ4n) is 0.496. The summed E-state index contributed by atoms with van der Waals surface area (Å²) in [4.78, 5) is 0. The molecule has 0 spiro atoms. The summed E-state index contributed by atoms with van der Waals surface area (Å²) < 4.78 is 9.26. The topological polar surface area (TPSA) is 58.9 Å². The van der Waals surface area contributed by atoms with Crippen LogP contribution in [0, 0.1) is 0 Å². The van der Waals surface area contributed by atoms with Crippen LogP contribution < -0.4 is 0 Å². The normalized spacial score (nSPS) is 13.5. The molecule has 4 heteroatoms. The van der Waals surface area contributed by atoms with Crippen molar-refractivity contribution in [3.05, 3.63) is 0 Å². The van der Waals surface area contributed by atoms with Crippen LogP contribution in [0.4, 0.5) is 0 Å². The number of aliphatic hydroxyl groups is 2. The van der Waals surface area contributed by atoms with Crippen molar-refractivity contribution in [1.29, 1.82) is 0 Å². The predicted octanol–water partition coefficient (Wildman–Crippen LogP) is -0.302. The van der Waals surface area contributed by atoms with Gasteiger partial charge < -0.3 is 19.7 Å². The Morgan fingerprint density at radius 2 is 2.20 bits per heavy atom. The first kappa shape index (κ1) is 9.84. The zero-order valence-electron chi connectivity index (χ0n) is 6.12. The van der Waals surface area contributed by atoms with Crippen molar-refractivity contribution >= 4 is 0 Å². The van der Waals surface area contributed by atoms with Crippen LogP contribution in [0.15, 0.2) is 0 Å². The fourth-order valence-corrected chi connectivity index (χ4v) is 0.496. The molecule has 0 fully saturated rings. The van der Waals surface area contributed by atoms with E-state index in [-0.39, 0.29) is 13.4 Å². The van der Waals surface area contributed by atoms with Gasteiger partial charge in [-0.1, -0.05) is 0 Å². The van der Waals surface area contributed by atoms with E-state index in [4.69, 9.17) is 14.9 Å². The van der Waals surface area contributed by atoms with E-state index in [9.17, 15) is 0 Å². The third-order valence-corrected chi connectivity index (χ3v) is 0.987. The second kappa shape index (κ2) is 6.95. The molecule has 62 valence electrons. The molecular formula is C6H14O4. The monoisotopic (exact) mass is 150 g/mol. The third kappa shape index (κ3) is 5.97. The maximum Gasteiger partial charge on any atom is 0.157 e. The standard InChI is InChI=1S/C6H14O4/c1-9-5-10-6(8)3-2-4-7/h6-8H,2-5H2,1H3. The summed E-state index contributed by atoms with van der Waals surface area (Å²) in [6.45, 7) is 0.167. The van der Waals surface area contributed by atoms with E-state index in [1.807, 2.05) is 0 Å². The Labute approximate surface area is 60.4 Å². The van der Waals surface area contributed by atoms with Crippen LogP contribution in [0.3, 0.4) is 0 Å². The van der Waals surface area contributed by atoms with Gasteiger partial charge in [-0.05, 0) is 6.42 Å². The Morgan fingerprint density at radius 1 is 1.50 bits per heavy atom. The summed E-state index contributed by atoms with van der Waals surface area (Å²) in [5.74, 6) is 0. The van der Waals surface area contributed by atoms with Gasteiger partial charge in [0, 0.05) is 20.1 Å². The smallest absolute Gasteiger partial charge is 0.157 e. The molecule has 4 nitrogen and oxygen atoms in total. The van der Waals surface area contributed by atoms with Crippen molar-refractivity contribution in [2.45, 2.75) is 19.1 Å². The molecule has 0 amide bonds. The molecule has 0 saturated heterocycles. The number of aliphatic hydroxyl groups excluding tert-OH is 2. The molecule has 0 aliphatic heterocycles. The minimum atomic E-state index is -0.813. The largest absolute Gasteiger partial charge is 0.396 e. The summed E-state index contributed by atoms with van der Waals surface area (Å²) in [6.07, 6.45) is 0.178. The van der Waals surface area contributed by atoms with Gasteiger partial charge in [-0.25, -0.2) is 0 Å². The molecule has 0 radical (unpaired) electrons. The average molecular weight is 150 g/mol. The predicted molar refractivity (Wildman–Crippen MR) is 35.3 cm³/mol. The van der Waals surface area contributed by atoms with E-state index < -0.39 is 6.29 Å². The van der Waals surface area contributed by atoms with Crippen LogP contribution in [-0.4, -0.2) is 37.0 Å². The van der Waals surface area contributed by atoms with Crippen LogP contribution in [0.2, 0.25) is 0 Å². The molecule has 0 rings (SSSR count). The van der Waals surface area contributed by atoms with Crippen molar-refractivity contribution < 1.29 is 19.7 Å². The highest BCUT2D eigenvalue weighted by Gasteiger charge is 2.01. The highest BCUT2D eigenvalue weighted by molar-refractivity contribution is 4.39. The number of rotatable bonds is 6. The van der Waals surface area contributed by atoms with Gasteiger partial charge in [0.1, 0.15) is 6.79 Å². The summed E-state index contributed by atoms with van der Waals surface area (Å²) in [5.41, 5.74) is 0. The molecule has 0 bridgehead atoms. The van der Waals surface area contributed by atoms with E-state index in [2.05, 4.69) is 4.74 Å². The third-order valence-electron chi connectivity index (χ3n) is 0.987.